The van der Waals surface area contributed by atoms with Gasteiger partial charge in [-0.25, -0.2) is 0 Å². The molecular weight excluding hydrogens is 232 g/mol. The van der Waals surface area contributed by atoms with Crippen LogP contribution in [-0.2, 0) is 0 Å². The van der Waals surface area contributed by atoms with Gasteiger partial charge in [0.1, 0.15) is 5.75 Å². The topological polar surface area (TPSA) is 35.5 Å². The summed E-state index contributed by atoms with van der Waals surface area (Å²) in [5.41, 5.74) is 2.00. The summed E-state index contributed by atoms with van der Waals surface area (Å²) < 4.78 is 0. The molecule has 0 saturated heterocycles. The summed E-state index contributed by atoms with van der Waals surface area (Å²) in [6.45, 7) is 3.02. The minimum absolute atomic E-state index is 0.167. The van der Waals surface area contributed by atoms with Crippen molar-refractivity contribution in [2.45, 2.75) is 13.0 Å². The van der Waals surface area contributed by atoms with Gasteiger partial charge in [-0.3, -0.25) is 0 Å². The van der Waals surface area contributed by atoms with E-state index in [0.717, 1.165) is 23.5 Å². The number of hydrogen-bond acceptors (Lipinski definition) is 4. The third kappa shape index (κ3) is 3.82. The molecule has 2 N–H and O–H groups in total. The van der Waals surface area contributed by atoms with Gasteiger partial charge in [0.25, 0.3) is 0 Å². The minimum atomic E-state index is 0.167. The van der Waals surface area contributed by atoms with E-state index in [2.05, 4.69) is 22.5 Å². The third-order valence-corrected chi connectivity index (χ3v) is 3.58. The Kier molecular flexibility index (Phi) is 5.65. The summed E-state index contributed by atoms with van der Waals surface area (Å²) in [6, 6.07) is 6.05. The van der Waals surface area contributed by atoms with Crippen molar-refractivity contribution in [3.05, 3.63) is 23.8 Å². The summed E-state index contributed by atoms with van der Waals surface area (Å²) in [4.78, 5) is 2.16. The normalized spacial score (nSPS) is 12.5. The van der Waals surface area contributed by atoms with Crippen LogP contribution in [0.5, 0.6) is 5.75 Å². The van der Waals surface area contributed by atoms with Crippen molar-refractivity contribution in [1.29, 1.82) is 0 Å². The average Bonchev–Trinajstić information content (AvgIpc) is 2.34. The molecule has 0 amide bonds. The standard InChI is InChI=1S/C13H22N2OS/c1-10(14-2)12-6-5-11(9-13(12)16)15(3)7-8-17-4/h5-6,9-10,14,16H,7-8H2,1-4H3. The number of anilines is 1. The first-order valence-corrected chi connectivity index (χ1v) is 7.19. The van der Waals surface area contributed by atoms with E-state index in [1.807, 2.05) is 44.9 Å². The Morgan fingerprint density at radius 1 is 1.47 bits per heavy atom. The molecule has 1 unspecified atom stereocenters. The highest BCUT2D eigenvalue weighted by Gasteiger charge is 2.10. The van der Waals surface area contributed by atoms with Crippen molar-refractivity contribution < 1.29 is 5.11 Å². The predicted octanol–water partition coefficient (Wildman–Crippen LogP) is 2.47. The van der Waals surface area contributed by atoms with E-state index >= 15 is 0 Å². The van der Waals surface area contributed by atoms with Crippen molar-refractivity contribution in [1.82, 2.24) is 5.32 Å². The maximum atomic E-state index is 10.00. The van der Waals surface area contributed by atoms with Crippen LogP contribution in [0.1, 0.15) is 18.5 Å². The zero-order valence-corrected chi connectivity index (χ0v) is 11.8. The lowest BCUT2D eigenvalue weighted by Gasteiger charge is -2.21. The van der Waals surface area contributed by atoms with Gasteiger partial charge in [-0.1, -0.05) is 6.07 Å². The highest BCUT2D eigenvalue weighted by molar-refractivity contribution is 7.98. The van der Waals surface area contributed by atoms with Gasteiger partial charge in [0.15, 0.2) is 0 Å². The van der Waals surface area contributed by atoms with Crippen molar-refractivity contribution in [3.8, 4) is 5.75 Å². The lowest BCUT2D eigenvalue weighted by molar-refractivity contribution is 0.458. The van der Waals surface area contributed by atoms with E-state index in [4.69, 9.17) is 0 Å². The first-order valence-electron chi connectivity index (χ1n) is 5.80. The van der Waals surface area contributed by atoms with E-state index in [1.165, 1.54) is 0 Å². The summed E-state index contributed by atoms with van der Waals surface area (Å²) >= 11 is 1.83. The number of phenolic OH excluding ortho intramolecular Hbond substituents is 1. The molecule has 0 bridgehead atoms. The number of thioether (sulfide) groups is 1. The molecule has 0 aliphatic heterocycles. The molecule has 1 aromatic rings. The zero-order valence-electron chi connectivity index (χ0n) is 11.0. The van der Waals surface area contributed by atoms with Gasteiger partial charge in [0, 0.05) is 42.7 Å². The van der Waals surface area contributed by atoms with Crippen LogP contribution in [0, 0.1) is 0 Å². The number of nitrogens with zero attached hydrogens (tertiary/aromatic N) is 1. The lowest BCUT2D eigenvalue weighted by atomic mass is 10.1. The van der Waals surface area contributed by atoms with Crippen LogP contribution in [0.15, 0.2) is 18.2 Å². The first kappa shape index (κ1) is 14.2. The zero-order chi connectivity index (χ0) is 12.8. The molecular formula is C13H22N2OS. The van der Waals surface area contributed by atoms with E-state index < -0.39 is 0 Å². The van der Waals surface area contributed by atoms with Crippen molar-refractivity contribution in [2.75, 3.05) is 37.5 Å². The summed E-state index contributed by atoms with van der Waals surface area (Å²) in [7, 11) is 3.94. The number of hydrogen-bond donors (Lipinski definition) is 2. The van der Waals surface area contributed by atoms with Crippen LogP contribution in [0.2, 0.25) is 0 Å². The van der Waals surface area contributed by atoms with E-state index in [1.54, 1.807) is 0 Å². The fourth-order valence-corrected chi connectivity index (χ4v) is 2.10. The highest BCUT2D eigenvalue weighted by atomic mass is 32.2. The van der Waals surface area contributed by atoms with Gasteiger partial charge in [0.2, 0.25) is 0 Å². The van der Waals surface area contributed by atoms with Gasteiger partial charge < -0.3 is 15.3 Å². The summed E-state index contributed by atoms with van der Waals surface area (Å²) in [5, 5.41) is 13.1. The van der Waals surface area contributed by atoms with Gasteiger partial charge in [0.05, 0.1) is 0 Å². The predicted molar refractivity (Wildman–Crippen MR) is 77.2 cm³/mol. The van der Waals surface area contributed by atoms with Crippen molar-refractivity contribution in [3.63, 3.8) is 0 Å². The maximum Gasteiger partial charge on any atom is 0.122 e. The second-order valence-electron chi connectivity index (χ2n) is 4.17. The minimum Gasteiger partial charge on any atom is -0.508 e. The number of rotatable bonds is 6. The lowest BCUT2D eigenvalue weighted by Crippen LogP contribution is -2.20. The van der Waals surface area contributed by atoms with Crippen LogP contribution < -0.4 is 10.2 Å². The largest absolute Gasteiger partial charge is 0.508 e. The molecule has 96 valence electrons. The summed E-state index contributed by atoms with van der Waals surface area (Å²) in [5.74, 6) is 1.45. The van der Waals surface area contributed by atoms with Crippen LogP contribution in [0.25, 0.3) is 0 Å². The first-order chi connectivity index (χ1) is 8.10. The fraction of sp³-hybridized carbons (Fsp3) is 0.538. The number of benzene rings is 1. The van der Waals surface area contributed by atoms with Gasteiger partial charge >= 0.3 is 0 Å². The second kappa shape index (κ2) is 6.77. The smallest absolute Gasteiger partial charge is 0.122 e. The van der Waals surface area contributed by atoms with Crippen LogP contribution in [0.4, 0.5) is 5.69 Å². The van der Waals surface area contributed by atoms with Crippen molar-refractivity contribution in [2.24, 2.45) is 0 Å². The summed E-state index contributed by atoms with van der Waals surface area (Å²) in [6.07, 6.45) is 2.10. The Morgan fingerprint density at radius 3 is 2.71 bits per heavy atom. The molecule has 0 aliphatic rings. The number of nitrogens with one attached hydrogen (secondary N) is 1. The maximum absolute atomic E-state index is 10.00. The molecule has 3 nitrogen and oxygen atoms in total. The quantitative estimate of drug-likeness (QED) is 0.817. The molecule has 17 heavy (non-hydrogen) atoms. The molecule has 0 spiro atoms. The van der Waals surface area contributed by atoms with Crippen LogP contribution in [0.3, 0.4) is 0 Å². The molecule has 0 fully saturated rings. The Labute approximate surface area is 108 Å². The van der Waals surface area contributed by atoms with E-state index in [0.29, 0.717) is 5.75 Å². The molecule has 1 rings (SSSR count). The highest BCUT2D eigenvalue weighted by Crippen LogP contribution is 2.28. The van der Waals surface area contributed by atoms with Gasteiger partial charge in [-0.05, 0) is 26.3 Å². The monoisotopic (exact) mass is 254 g/mol. The Bertz CT molecular complexity index is 357. The molecule has 1 aromatic carbocycles. The van der Waals surface area contributed by atoms with Crippen LogP contribution in [-0.4, -0.2) is 37.8 Å². The Morgan fingerprint density at radius 2 is 2.18 bits per heavy atom. The molecule has 0 aromatic heterocycles. The molecule has 0 radical (unpaired) electrons. The van der Waals surface area contributed by atoms with Gasteiger partial charge in [-0.2, -0.15) is 11.8 Å². The third-order valence-electron chi connectivity index (χ3n) is 2.99. The Balaban J connectivity index is 2.81. The molecule has 0 aliphatic carbocycles. The SMILES string of the molecule is CNC(C)c1ccc(N(C)CCSC)cc1O. The number of aromatic hydroxyl groups is 1. The number of phenols is 1. The fourth-order valence-electron chi connectivity index (χ4n) is 1.65. The molecule has 1 atom stereocenters. The second-order valence-corrected chi connectivity index (χ2v) is 5.15. The molecule has 4 heteroatoms. The molecule has 0 saturated carbocycles. The Hall–Kier alpha value is -0.870. The molecule has 0 heterocycles. The van der Waals surface area contributed by atoms with E-state index in [-0.39, 0.29) is 6.04 Å². The van der Waals surface area contributed by atoms with Crippen LogP contribution >= 0.6 is 11.8 Å². The van der Waals surface area contributed by atoms with Gasteiger partial charge in [-0.15, -0.1) is 0 Å². The average molecular weight is 254 g/mol. The van der Waals surface area contributed by atoms with Crippen molar-refractivity contribution >= 4 is 17.4 Å². The van der Waals surface area contributed by atoms with E-state index in [9.17, 15) is 5.11 Å².